The highest BCUT2D eigenvalue weighted by Crippen LogP contribution is 2.41. The number of carbonyl (C=O) groups excluding carboxylic acids is 2. The van der Waals surface area contributed by atoms with Crippen molar-refractivity contribution in [2.24, 2.45) is 0 Å². The molecule has 1 N–H and O–H groups in total. The highest BCUT2D eigenvalue weighted by molar-refractivity contribution is 6.16. The van der Waals surface area contributed by atoms with Gasteiger partial charge in [0.05, 0.1) is 38.3 Å². The van der Waals surface area contributed by atoms with Gasteiger partial charge in [-0.1, -0.05) is 30.3 Å². The van der Waals surface area contributed by atoms with Gasteiger partial charge in [0, 0.05) is 6.08 Å². The van der Waals surface area contributed by atoms with E-state index in [-0.39, 0.29) is 5.76 Å². The van der Waals surface area contributed by atoms with Crippen LogP contribution < -0.4 is 10.4 Å². The lowest BCUT2D eigenvalue weighted by atomic mass is 9.77. The van der Waals surface area contributed by atoms with Crippen molar-refractivity contribution in [3.05, 3.63) is 114 Å². The Balaban J connectivity index is 1.83. The van der Waals surface area contributed by atoms with Gasteiger partial charge in [0.2, 0.25) is 5.69 Å². The van der Waals surface area contributed by atoms with Gasteiger partial charge in [0.15, 0.2) is 11.2 Å². The van der Waals surface area contributed by atoms with E-state index in [0.29, 0.717) is 29.1 Å². The van der Waals surface area contributed by atoms with Crippen LogP contribution in [0.1, 0.15) is 19.4 Å². The molecule has 0 spiro atoms. The van der Waals surface area contributed by atoms with Crippen LogP contribution >= 0.6 is 0 Å². The molecule has 0 amide bonds. The molecule has 0 aromatic heterocycles. The number of hydrogen-bond acceptors (Lipinski definition) is 11. The summed E-state index contributed by atoms with van der Waals surface area (Å²) in [5.41, 5.74) is -1.13. The van der Waals surface area contributed by atoms with Crippen molar-refractivity contribution < 1.29 is 29.1 Å². The van der Waals surface area contributed by atoms with Crippen molar-refractivity contribution in [3.8, 4) is 0 Å². The Morgan fingerprint density at radius 2 is 1.36 bits per heavy atom. The molecule has 1 unspecified atom stereocenters. The summed E-state index contributed by atoms with van der Waals surface area (Å²) in [6, 6.07) is 15.5. The average molecular weight is 533 g/mol. The Labute approximate surface area is 219 Å². The number of hydrazine groups is 1. The first-order valence-corrected chi connectivity index (χ1v) is 11.2. The second kappa shape index (κ2) is 10.0. The van der Waals surface area contributed by atoms with Crippen LogP contribution in [0, 0.1) is 30.3 Å². The number of ketones is 1. The van der Waals surface area contributed by atoms with E-state index in [9.17, 15) is 39.9 Å². The third-order valence-corrected chi connectivity index (χ3v) is 6.12. The minimum Gasteiger partial charge on any atom is -0.430 e. The number of nitro groups is 3. The quantitative estimate of drug-likeness (QED) is 0.180. The third kappa shape index (κ3) is 4.85. The van der Waals surface area contributed by atoms with E-state index in [1.807, 2.05) is 0 Å². The number of rotatable bonds is 8. The Morgan fingerprint density at radius 3 is 1.85 bits per heavy atom. The van der Waals surface area contributed by atoms with Crippen LogP contribution in [-0.4, -0.2) is 26.5 Å². The molecule has 0 aliphatic carbocycles. The summed E-state index contributed by atoms with van der Waals surface area (Å²) in [5, 5.41) is 36.1. The summed E-state index contributed by atoms with van der Waals surface area (Å²) in [4.78, 5) is 57.3. The predicted molar refractivity (Wildman–Crippen MR) is 137 cm³/mol. The number of anilines is 3. The number of hydrogen-bond donors (Lipinski definition) is 1. The molecule has 4 rings (SSSR count). The molecule has 0 fully saturated rings. The van der Waals surface area contributed by atoms with E-state index < -0.39 is 54.7 Å². The number of nitrogens with zero attached hydrogens (tertiary/aromatic N) is 4. The Hall–Kier alpha value is -5.66. The minimum absolute atomic E-state index is 0.171. The third-order valence-electron chi connectivity index (χ3n) is 6.12. The van der Waals surface area contributed by atoms with E-state index in [1.54, 1.807) is 30.3 Å². The summed E-state index contributed by atoms with van der Waals surface area (Å²) in [6.07, 6.45) is 1.22. The number of allylic oxidation sites excluding steroid dienone is 2. The Bertz CT molecular complexity index is 1520. The van der Waals surface area contributed by atoms with Crippen molar-refractivity contribution in [1.29, 1.82) is 0 Å². The monoisotopic (exact) mass is 533 g/mol. The van der Waals surface area contributed by atoms with Gasteiger partial charge in [-0.15, -0.1) is 0 Å². The summed E-state index contributed by atoms with van der Waals surface area (Å²) in [5.74, 6) is -1.06. The lowest BCUT2D eigenvalue weighted by molar-refractivity contribution is -0.401. The fourth-order valence-corrected chi connectivity index (χ4v) is 3.98. The van der Waals surface area contributed by atoms with Crippen LogP contribution in [0.25, 0.3) is 0 Å². The number of esters is 1. The van der Waals surface area contributed by atoms with Crippen molar-refractivity contribution in [2.45, 2.75) is 19.3 Å². The fraction of sp³-hybridized carbons (Fsp3) is 0.120. The normalized spacial score (nSPS) is 16.6. The summed E-state index contributed by atoms with van der Waals surface area (Å²) >= 11 is 0. The highest BCUT2D eigenvalue weighted by atomic mass is 16.6. The van der Waals surface area contributed by atoms with Crippen LogP contribution in [0.4, 0.5) is 34.1 Å². The average Bonchev–Trinajstić information content (AvgIpc) is 2.90. The van der Waals surface area contributed by atoms with Crippen LogP contribution in [-0.2, 0) is 19.7 Å². The minimum atomic E-state index is -1.61. The first-order chi connectivity index (χ1) is 18.4. The molecule has 3 aromatic rings. The molecule has 0 saturated carbocycles. The maximum Gasteiger partial charge on any atom is 0.329 e. The molecule has 1 aliphatic heterocycles. The lowest BCUT2D eigenvalue weighted by Crippen LogP contribution is -2.44. The highest BCUT2D eigenvalue weighted by Gasteiger charge is 2.46. The SMILES string of the molecule is CC1=CC(=O)C(C)(c2ccc(N(Nc3c([N+](=O)[O-])cc([N+](=O)[O-])cc3[N+](=O)[O-])c3ccccc3)cc2)C(=O)O1. The lowest BCUT2D eigenvalue weighted by Gasteiger charge is -2.30. The van der Waals surface area contributed by atoms with Crippen LogP contribution in [0.5, 0.6) is 0 Å². The van der Waals surface area contributed by atoms with Crippen LogP contribution in [0.2, 0.25) is 0 Å². The molecule has 0 radical (unpaired) electrons. The number of non-ortho nitro benzene ring substituents is 1. The summed E-state index contributed by atoms with van der Waals surface area (Å²) in [7, 11) is 0. The zero-order chi connectivity index (χ0) is 28.5. The van der Waals surface area contributed by atoms with Crippen molar-refractivity contribution >= 4 is 45.9 Å². The van der Waals surface area contributed by atoms with E-state index >= 15 is 0 Å². The van der Waals surface area contributed by atoms with Gasteiger partial charge in [-0.2, -0.15) is 0 Å². The van der Waals surface area contributed by atoms with Gasteiger partial charge < -0.3 is 4.74 Å². The molecule has 14 heteroatoms. The number of para-hydroxylation sites is 1. The summed E-state index contributed by atoms with van der Waals surface area (Å²) in [6.45, 7) is 2.91. The molecular weight excluding hydrogens is 514 g/mol. The molecule has 198 valence electrons. The first-order valence-electron chi connectivity index (χ1n) is 11.2. The molecule has 3 aromatic carbocycles. The number of cyclic esters (lactones) is 1. The largest absolute Gasteiger partial charge is 0.430 e. The van der Waals surface area contributed by atoms with Crippen molar-refractivity contribution in [3.63, 3.8) is 0 Å². The smallest absolute Gasteiger partial charge is 0.329 e. The molecule has 39 heavy (non-hydrogen) atoms. The number of carbonyl (C=O) groups is 2. The zero-order valence-electron chi connectivity index (χ0n) is 20.4. The van der Waals surface area contributed by atoms with Gasteiger partial charge in [0.25, 0.3) is 5.69 Å². The number of benzene rings is 3. The maximum absolute atomic E-state index is 12.7. The van der Waals surface area contributed by atoms with Crippen LogP contribution in [0.15, 0.2) is 78.6 Å². The van der Waals surface area contributed by atoms with E-state index in [1.165, 1.54) is 49.2 Å². The number of nitrogens with one attached hydrogen (secondary N) is 1. The second-order valence-corrected chi connectivity index (χ2v) is 8.59. The standard InChI is InChI=1S/C25H19N5O9/c1-15-12-22(31)25(2,24(32)39-15)16-8-10-18(11-9-16)27(17-6-4-3-5-7-17)26-23-20(29(35)36)13-19(28(33)34)14-21(23)30(37)38/h3-14,26H,1-2H3. The predicted octanol–water partition coefficient (Wildman–Crippen LogP) is 4.86. The van der Waals surface area contributed by atoms with E-state index in [0.717, 1.165) is 0 Å². The van der Waals surface area contributed by atoms with Gasteiger partial charge >= 0.3 is 17.3 Å². The number of ether oxygens (including phenoxy) is 1. The van der Waals surface area contributed by atoms with E-state index in [2.05, 4.69) is 5.43 Å². The Kier molecular flexibility index (Phi) is 6.78. The zero-order valence-corrected chi connectivity index (χ0v) is 20.4. The first kappa shape index (κ1) is 26.4. The second-order valence-electron chi connectivity index (χ2n) is 8.59. The van der Waals surface area contributed by atoms with Crippen molar-refractivity contribution in [2.75, 3.05) is 10.4 Å². The van der Waals surface area contributed by atoms with E-state index in [4.69, 9.17) is 4.74 Å². The molecule has 0 saturated heterocycles. The topological polar surface area (TPSA) is 188 Å². The molecule has 1 heterocycles. The molecule has 0 bridgehead atoms. The molecule has 14 nitrogen and oxygen atoms in total. The molecule has 1 atom stereocenters. The van der Waals surface area contributed by atoms with Crippen LogP contribution in [0.3, 0.4) is 0 Å². The van der Waals surface area contributed by atoms with Gasteiger partial charge in [0.1, 0.15) is 5.76 Å². The van der Waals surface area contributed by atoms with Gasteiger partial charge in [-0.3, -0.25) is 50.4 Å². The maximum atomic E-state index is 12.7. The molecule has 1 aliphatic rings. The fourth-order valence-electron chi connectivity index (χ4n) is 3.98. The summed E-state index contributed by atoms with van der Waals surface area (Å²) < 4.78 is 5.15. The van der Waals surface area contributed by atoms with Crippen molar-refractivity contribution in [1.82, 2.24) is 0 Å². The van der Waals surface area contributed by atoms with Gasteiger partial charge in [-0.05, 0) is 43.7 Å². The number of nitro benzene ring substituents is 3. The molecular formula is C25H19N5O9. The Morgan fingerprint density at radius 1 is 0.821 bits per heavy atom. The van der Waals surface area contributed by atoms with Gasteiger partial charge in [-0.25, -0.2) is 0 Å².